The summed E-state index contributed by atoms with van der Waals surface area (Å²) in [5.74, 6) is -0.0720. The predicted octanol–water partition coefficient (Wildman–Crippen LogP) is 1.89. The van der Waals surface area contributed by atoms with Gasteiger partial charge in [0.2, 0.25) is 5.91 Å². The zero-order valence-corrected chi connectivity index (χ0v) is 12.2. The van der Waals surface area contributed by atoms with E-state index in [0.29, 0.717) is 0 Å². The molecule has 4 heteroatoms. The number of anilines is 1. The second kappa shape index (κ2) is 6.68. The minimum absolute atomic E-state index is 0.0160. The van der Waals surface area contributed by atoms with E-state index in [4.69, 9.17) is 0 Å². The number of carbonyl (C=O) groups excluding carboxylic acids is 1. The Balaban J connectivity index is 2.60. The third-order valence-electron chi connectivity index (χ3n) is 3.42. The lowest BCUT2D eigenvalue weighted by Crippen LogP contribution is -2.47. The van der Waals surface area contributed by atoms with Gasteiger partial charge in [-0.1, -0.05) is 19.1 Å². The first-order chi connectivity index (χ1) is 8.89. The van der Waals surface area contributed by atoms with Crippen molar-refractivity contribution in [3.05, 3.63) is 29.8 Å². The molecule has 0 aromatic heterocycles. The van der Waals surface area contributed by atoms with E-state index in [0.717, 1.165) is 12.1 Å². The molecule has 0 radical (unpaired) electrons. The Bertz CT molecular complexity index is 430. The number of aliphatic hydroxyl groups is 1. The van der Waals surface area contributed by atoms with Gasteiger partial charge < -0.3 is 10.4 Å². The van der Waals surface area contributed by atoms with Crippen LogP contribution < -0.4 is 5.32 Å². The summed E-state index contributed by atoms with van der Waals surface area (Å²) in [6, 6.07) is 7.84. The fourth-order valence-corrected chi connectivity index (χ4v) is 1.62. The summed E-state index contributed by atoms with van der Waals surface area (Å²) < 4.78 is 0. The lowest BCUT2D eigenvalue weighted by molar-refractivity contribution is -0.118. The molecule has 0 aliphatic heterocycles. The van der Waals surface area contributed by atoms with Gasteiger partial charge in [-0.2, -0.15) is 0 Å². The monoisotopic (exact) mass is 264 g/mol. The van der Waals surface area contributed by atoms with E-state index < -0.39 is 5.54 Å². The van der Waals surface area contributed by atoms with E-state index in [-0.39, 0.29) is 19.1 Å². The molecule has 0 spiro atoms. The molecule has 0 heterocycles. The van der Waals surface area contributed by atoms with E-state index in [1.165, 1.54) is 5.56 Å². The Morgan fingerprint density at radius 2 is 2.11 bits per heavy atom. The molecule has 2 N–H and O–H groups in total. The molecule has 1 amide bonds. The number of carbonyl (C=O) groups is 1. The molecule has 1 aromatic carbocycles. The van der Waals surface area contributed by atoms with Gasteiger partial charge in [0.1, 0.15) is 0 Å². The highest BCUT2D eigenvalue weighted by molar-refractivity contribution is 5.92. The average molecular weight is 264 g/mol. The summed E-state index contributed by atoms with van der Waals surface area (Å²) in [6.07, 6.45) is 0.946. The molecule has 0 atom stereocenters. The zero-order chi connectivity index (χ0) is 14.5. The van der Waals surface area contributed by atoms with Crippen LogP contribution in [0.15, 0.2) is 24.3 Å². The second-order valence-corrected chi connectivity index (χ2v) is 5.43. The van der Waals surface area contributed by atoms with Crippen LogP contribution in [0, 0.1) is 0 Å². The predicted molar refractivity (Wildman–Crippen MR) is 78.2 cm³/mol. The molecule has 0 aliphatic rings. The highest BCUT2D eigenvalue weighted by Crippen LogP contribution is 2.13. The average Bonchev–Trinajstić information content (AvgIpc) is 2.38. The molecule has 1 rings (SSSR count). The van der Waals surface area contributed by atoms with Crippen molar-refractivity contribution >= 4 is 11.6 Å². The Hall–Kier alpha value is -1.39. The Morgan fingerprint density at radius 3 is 2.68 bits per heavy atom. The van der Waals surface area contributed by atoms with Gasteiger partial charge in [-0.3, -0.25) is 9.69 Å². The normalized spacial score (nSPS) is 11.7. The van der Waals surface area contributed by atoms with Crippen LogP contribution in [-0.4, -0.2) is 41.7 Å². The molecule has 0 saturated heterocycles. The van der Waals surface area contributed by atoms with Crippen LogP contribution in [0.2, 0.25) is 0 Å². The van der Waals surface area contributed by atoms with E-state index in [1.807, 2.05) is 50.1 Å². The van der Waals surface area contributed by atoms with Crippen LogP contribution in [-0.2, 0) is 11.2 Å². The van der Waals surface area contributed by atoms with Gasteiger partial charge in [0.05, 0.1) is 13.2 Å². The van der Waals surface area contributed by atoms with Gasteiger partial charge >= 0.3 is 0 Å². The molecule has 0 unspecified atom stereocenters. The summed E-state index contributed by atoms with van der Waals surface area (Å²) in [4.78, 5) is 13.8. The quantitative estimate of drug-likeness (QED) is 0.825. The molecule has 4 nitrogen and oxygen atoms in total. The van der Waals surface area contributed by atoms with Crippen LogP contribution in [0.4, 0.5) is 5.69 Å². The third-order valence-corrected chi connectivity index (χ3v) is 3.42. The van der Waals surface area contributed by atoms with Gasteiger partial charge in [0, 0.05) is 11.2 Å². The number of aliphatic hydroxyl groups excluding tert-OH is 1. The lowest BCUT2D eigenvalue weighted by Gasteiger charge is -2.33. The van der Waals surface area contributed by atoms with Crippen molar-refractivity contribution in [2.45, 2.75) is 32.7 Å². The number of nitrogens with zero attached hydrogens (tertiary/aromatic N) is 1. The number of amides is 1. The van der Waals surface area contributed by atoms with E-state index >= 15 is 0 Å². The number of nitrogens with one attached hydrogen (secondary N) is 1. The van der Waals surface area contributed by atoms with Crippen molar-refractivity contribution in [2.75, 3.05) is 25.5 Å². The van der Waals surface area contributed by atoms with Crippen LogP contribution in [0.5, 0.6) is 0 Å². The summed E-state index contributed by atoms with van der Waals surface area (Å²) >= 11 is 0. The maximum Gasteiger partial charge on any atom is 0.238 e. The molecule has 0 saturated carbocycles. The molecule has 0 aliphatic carbocycles. The fraction of sp³-hybridized carbons (Fsp3) is 0.533. The van der Waals surface area contributed by atoms with Gasteiger partial charge in [0.25, 0.3) is 0 Å². The molecule has 0 fully saturated rings. The smallest absolute Gasteiger partial charge is 0.238 e. The SMILES string of the molecule is CCc1cccc(NC(=O)CN(C)C(C)(C)CO)c1. The molecular weight excluding hydrogens is 240 g/mol. The van der Waals surface area contributed by atoms with Crippen LogP contribution in [0.25, 0.3) is 0 Å². The number of hydrogen-bond acceptors (Lipinski definition) is 3. The van der Waals surface area contributed by atoms with Crippen molar-refractivity contribution in [1.29, 1.82) is 0 Å². The largest absolute Gasteiger partial charge is 0.394 e. The first-order valence-corrected chi connectivity index (χ1v) is 6.60. The van der Waals surface area contributed by atoms with Crippen molar-refractivity contribution in [1.82, 2.24) is 4.90 Å². The second-order valence-electron chi connectivity index (χ2n) is 5.43. The maximum absolute atomic E-state index is 12.0. The van der Waals surface area contributed by atoms with Crippen molar-refractivity contribution < 1.29 is 9.90 Å². The number of rotatable bonds is 6. The van der Waals surface area contributed by atoms with Crippen molar-refractivity contribution in [2.24, 2.45) is 0 Å². The van der Waals surface area contributed by atoms with Crippen LogP contribution >= 0.6 is 0 Å². The molecular formula is C15H24N2O2. The topological polar surface area (TPSA) is 52.6 Å². The molecule has 0 bridgehead atoms. The maximum atomic E-state index is 12.0. The lowest BCUT2D eigenvalue weighted by atomic mass is 10.1. The van der Waals surface area contributed by atoms with Crippen molar-refractivity contribution in [3.63, 3.8) is 0 Å². The first kappa shape index (κ1) is 15.7. The summed E-state index contributed by atoms with van der Waals surface area (Å²) in [7, 11) is 1.83. The minimum atomic E-state index is -0.400. The molecule has 106 valence electrons. The number of benzene rings is 1. The Morgan fingerprint density at radius 1 is 1.42 bits per heavy atom. The Labute approximate surface area is 115 Å². The fourth-order valence-electron chi connectivity index (χ4n) is 1.62. The van der Waals surface area contributed by atoms with Crippen LogP contribution in [0.1, 0.15) is 26.3 Å². The van der Waals surface area contributed by atoms with E-state index in [2.05, 4.69) is 12.2 Å². The summed E-state index contributed by atoms with van der Waals surface area (Å²) in [5.41, 5.74) is 1.61. The number of hydrogen-bond donors (Lipinski definition) is 2. The first-order valence-electron chi connectivity index (χ1n) is 6.60. The Kier molecular flexibility index (Phi) is 5.51. The van der Waals surface area contributed by atoms with Gasteiger partial charge in [-0.25, -0.2) is 0 Å². The van der Waals surface area contributed by atoms with Crippen molar-refractivity contribution in [3.8, 4) is 0 Å². The summed E-state index contributed by atoms with van der Waals surface area (Å²) in [5, 5.41) is 12.1. The molecule has 1 aromatic rings. The van der Waals surface area contributed by atoms with Gasteiger partial charge in [0.15, 0.2) is 0 Å². The summed E-state index contributed by atoms with van der Waals surface area (Å²) in [6.45, 7) is 6.15. The highest BCUT2D eigenvalue weighted by atomic mass is 16.3. The van der Waals surface area contributed by atoms with Gasteiger partial charge in [-0.05, 0) is 45.0 Å². The zero-order valence-electron chi connectivity index (χ0n) is 12.2. The van der Waals surface area contributed by atoms with Gasteiger partial charge in [-0.15, -0.1) is 0 Å². The minimum Gasteiger partial charge on any atom is -0.394 e. The van der Waals surface area contributed by atoms with E-state index in [1.54, 1.807) is 0 Å². The highest BCUT2D eigenvalue weighted by Gasteiger charge is 2.24. The number of likely N-dealkylation sites (N-methyl/N-ethyl adjacent to an activating group) is 1. The third kappa shape index (κ3) is 4.65. The van der Waals surface area contributed by atoms with E-state index in [9.17, 15) is 9.90 Å². The standard InChI is InChI=1S/C15H24N2O2/c1-5-12-7-6-8-13(9-12)16-14(19)10-17(4)15(2,3)11-18/h6-9,18H,5,10-11H2,1-4H3,(H,16,19). The number of aryl methyl sites for hydroxylation is 1. The van der Waals surface area contributed by atoms with Crippen LogP contribution in [0.3, 0.4) is 0 Å². The molecule has 19 heavy (non-hydrogen) atoms.